The van der Waals surface area contributed by atoms with Crippen molar-refractivity contribution in [2.75, 3.05) is 24.8 Å². The highest BCUT2D eigenvalue weighted by atomic mass is 16.5. The predicted molar refractivity (Wildman–Crippen MR) is 108 cm³/mol. The van der Waals surface area contributed by atoms with Crippen molar-refractivity contribution in [1.29, 1.82) is 0 Å². The average Bonchev–Trinajstić information content (AvgIpc) is 2.63. The number of anilines is 2. The normalized spacial score (nSPS) is 11.9. The number of nitrogens with zero attached hydrogens (tertiary/aromatic N) is 2. The van der Waals surface area contributed by atoms with Gasteiger partial charge in [0.15, 0.2) is 0 Å². The summed E-state index contributed by atoms with van der Waals surface area (Å²) in [6.07, 6.45) is 1.95. The summed E-state index contributed by atoms with van der Waals surface area (Å²) in [5.41, 5.74) is 9.08. The molecule has 0 aliphatic heterocycles. The minimum Gasteiger partial charge on any atom is -0.496 e. The molecule has 1 atom stereocenters. The Labute approximate surface area is 164 Å². The van der Waals surface area contributed by atoms with Crippen LogP contribution in [0.5, 0.6) is 5.75 Å². The molecule has 0 fully saturated rings. The van der Waals surface area contributed by atoms with E-state index in [0.29, 0.717) is 30.0 Å². The molecule has 28 heavy (non-hydrogen) atoms. The van der Waals surface area contributed by atoms with Gasteiger partial charge < -0.3 is 26.0 Å². The van der Waals surface area contributed by atoms with Crippen molar-refractivity contribution in [3.8, 4) is 5.75 Å². The summed E-state index contributed by atoms with van der Waals surface area (Å²) in [4.78, 5) is 19.6. The zero-order chi connectivity index (χ0) is 20.7. The molecule has 8 heteroatoms. The Kier molecular flexibility index (Phi) is 7.57. The van der Waals surface area contributed by atoms with E-state index in [0.717, 1.165) is 23.2 Å². The fourth-order valence-corrected chi connectivity index (χ4v) is 3.06. The number of rotatable bonds is 10. The van der Waals surface area contributed by atoms with E-state index >= 15 is 0 Å². The lowest BCUT2D eigenvalue weighted by Gasteiger charge is -2.19. The number of carbonyl (C=O) groups is 1. The Balaban J connectivity index is 2.33. The Morgan fingerprint density at radius 1 is 1.36 bits per heavy atom. The molecule has 2 rings (SSSR count). The highest BCUT2D eigenvalue weighted by Crippen LogP contribution is 2.28. The smallest absolute Gasteiger partial charge is 0.307 e. The molecular weight excluding hydrogens is 360 g/mol. The van der Waals surface area contributed by atoms with Crippen LogP contribution in [0.25, 0.3) is 0 Å². The van der Waals surface area contributed by atoms with Crippen LogP contribution in [0, 0.1) is 6.92 Å². The zero-order valence-corrected chi connectivity index (χ0v) is 16.5. The molecule has 1 aromatic carbocycles. The van der Waals surface area contributed by atoms with Crippen LogP contribution in [-0.4, -0.2) is 45.9 Å². The van der Waals surface area contributed by atoms with Gasteiger partial charge in [-0.15, -0.1) is 0 Å². The Hall–Kier alpha value is -2.87. The predicted octanol–water partition coefficient (Wildman–Crippen LogP) is 2.17. The number of carboxylic acid groups (broad SMARTS) is 1. The fourth-order valence-electron chi connectivity index (χ4n) is 3.06. The molecule has 0 aliphatic rings. The molecule has 0 radical (unpaired) electrons. The number of aliphatic hydroxyl groups excluding tert-OH is 1. The topological polar surface area (TPSA) is 131 Å². The monoisotopic (exact) mass is 388 g/mol. The van der Waals surface area contributed by atoms with Crippen LogP contribution in [0.4, 0.5) is 11.8 Å². The molecular formula is C20H28N4O4. The first-order valence-electron chi connectivity index (χ1n) is 9.22. The number of benzene rings is 1. The van der Waals surface area contributed by atoms with Crippen molar-refractivity contribution in [2.45, 2.75) is 45.6 Å². The molecule has 1 aromatic heterocycles. The second kappa shape index (κ2) is 9.89. The van der Waals surface area contributed by atoms with Gasteiger partial charge in [0.05, 0.1) is 13.5 Å². The van der Waals surface area contributed by atoms with Crippen LogP contribution in [0.15, 0.2) is 18.2 Å². The fraction of sp³-hybridized carbons (Fsp3) is 0.450. The summed E-state index contributed by atoms with van der Waals surface area (Å²) < 4.78 is 5.47. The number of aliphatic hydroxyl groups is 1. The van der Waals surface area contributed by atoms with E-state index in [4.69, 9.17) is 20.7 Å². The minimum absolute atomic E-state index is 0.0597. The van der Waals surface area contributed by atoms with E-state index in [1.165, 1.54) is 0 Å². The minimum atomic E-state index is -0.888. The number of aliphatic carboxylic acids is 1. The van der Waals surface area contributed by atoms with Gasteiger partial charge in [-0.05, 0) is 43.9 Å². The second-order valence-corrected chi connectivity index (χ2v) is 6.80. The van der Waals surface area contributed by atoms with E-state index in [2.05, 4.69) is 15.3 Å². The molecule has 0 aliphatic carbocycles. The molecule has 152 valence electrons. The van der Waals surface area contributed by atoms with E-state index in [1.807, 2.05) is 19.9 Å². The number of hydrogen-bond acceptors (Lipinski definition) is 7. The maximum Gasteiger partial charge on any atom is 0.307 e. The average molecular weight is 388 g/mol. The summed E-state index contributed by atoms with van der Waals surface area (Å²) >= 11 is 0. The standard InChI is InChI=1S/C20H28N4O4/c1-12(5-4-8-25)22-19-16(13(2)23-20(21)24-19)11-15-7-6-14(10-18(26)27)9-17(15)28-3/h6-7,9,12,25H,4-5,8,10-11H2,1-3H3,(H,26,27)(H3,21,22,23,24). The first kappa shape index (κ1) is 21.4. The van der Waals surface area contributed by atoms with Gasteiger partial charge in [-0.1, -0.05) is 12.1 Å². The number of hydrogen-bond donors (Lipinski definition) is 4. The third-order valence-corrected chi connectivity index (χ3v) is 4.48. The van der Waals surface area contributed by atoms with Crippen LogP contribution >= 0.6 is 0 Å². The number of aryl methyl sites for hydroxylation is 1. The Morgan fingerprint density at radius 3 is 2.75 bits per heavy atom. The van der Waals surface area contributed by atoms with E-state index in [-0.39, 0.29) is 25.0 Å². The third-order valence-electron chi connectivity index (χ3n) is 4.48. The second-order valence-electron chi connectivity index (χ2n) is 6.80. The van der Waals surface area contributed by atoms with Crippen molar-refractivity contribution >= 4 is 17.7 Å². The molecule has 0 spiro atoms. The first-order chi connectivity index (χ1) is 13.3. The number of nitrogens with two attached hydrogens (primary N) is 1. The Bertz CT molecular complexity index is 826. The summed E-state index contributed by atoms with van der Waals surface area (Å²) in [7, 11) is 1.56. The van der Waals surface area contributed by atoms with E-state index in [1.54, 1.807) is 19.2 Å². The molecule has 1 unspecified atom stereocenters. The molecule has 0 saturated heterocycles. The summed E-state index contributed by atoms with van der Waals surface area (Å²) in [5.74, 6) is 0.587. The number of nitrogen functional groups attached to an aromatic ring is 1. The van der Waals surface area contributed by atoms with Gasteiger partial charge >= 0.3 is 5.97 Å². The highest BCUT2D eigenvalue weighted by Gasteiger charge is 2.16. The summed E-state index contributed by atoms with van der Waals surface area (Å²) in [5, 5.41) is 21.4. The lowest BCUT2D eigenvalue weighted by Crippen LogP contribution is -2.19. The molecule has 0 bridgehead atoms. The SMILES string of the molecule is COc1cc(CC(=O)O)ccc1Cc1c(C)nc(N)nc1NC(C)CCCO. The quantitative estimate of drug-likeness (QED) is 0.487. The van der Waals surface area contributed by atoms with E-state index in [9.17, 15) is 4.79 Å². The number of carboxylic acids is 1. The number of aromatic nitrogens is 2. The van der Waals surface area contributed by atoms with Gasteiger partial charge in [-0.2, -0.15) is 4.98 Å². The van der Waals surface area contributed by atoms with Gasteiger partial charge in [0.2, 0.25) is 5.95 Å². The zero-order valence-electron chi connectivity index (χ0n) is 16.5. The lowest BCUT2D eigenvalue weighted by atomic mass is 10.00. The molecule has 1 heterocycles. The highest BCUT2D eigenvalue weighted by molar-refractivity contribution is 5.70. The Morgan fingerprint density at radius 2 is 2.11 bits per heavy atom. The number of ether oxygens (including phenoxy) is 1. The van der Waals surface area contributed by atoms with Gasteiger partial charge in [0.1, 0.15) is 11.6 Å². The molecule has 2 aromatic rings. The third kappa shape index (κ3) is 5.82. The van der Waals surface area contributed by atoms with Crippen molar-refractivity contribution in [1.82, 2.24) is 9.97 Å². The van der Waals surface area contributed by atoms with Crippen molar-refractivity contribution in [3.05, 3.63) is 40.6 Å². The number of methoxy groups -OCH3 is 1. The van der Waals surface area contributed by atoms with Crippen LogP contribution in [0.1, 0.15) is 42.1 Å². The van der Waals surface area contributed by atoms with Gasteiger partial charge in [-0.25, -0.2) is 4.98 Å². The van der Waals surface area contributed by atoms with Gasteiger partial charge in [-0.3, -0.25) is 4.79 Å². The molecule has 0 saturated carbocycles. The van der Waals surface area contributed by atoms with Crippen LogP contribution in [0.3, 0.4) is 0 Å². The van der Waals surface area contributed by atoms with Crippen LogP contribution in [-0.2, 0) is 17.6 Å². The van der Waals surface area contributed by atoms with Crippen molar-refractivity contribution in [3.63, 3.8) is 0 Å². The molecule has 5 N–H and O–H groups in total. The van der Waals surface area contributed by atoms with Crippen molar-refractivity contribution in [2.24, 2.45) is 0 Å². The van der Waals surface area contributed by atoms with Gasteiger partial charge in [0.25, 0.3) is 0 Å². The molecule has 8 nitrogen and oxygen atoms in total. The summed E-state index contributed by atoms with van der Waals surface area (Å²) in [6.45, 7) is 4.04. The van der Waals surface area contributed by atoms with Crippen molar-refractivity contribution < 1.29 is 19.7 Å². The van der Waals surface area contributed by atoms with E-state index < -0.39 is 5.97 Å². The largest absolute Gasteiger partial charge is 0.496 e. The molecule has 0 amide bonds. The van der Waals surface area contributed by atoms with Crippen LogP contribution < -0.4 is 15.8 Å². The van der Waals surface area contributed by atoms with Gasteiger partial charge in [0, 0.05) is 30.3 Å². The lowest BCUT2D eigenvalue weighted by molar-refractivity contribution is -0.136. The first-order valence-corrected chi connectivity index (χ1v) is 9.22. The van der Waals surface area contributed by atoms with Crippen LogP contribution in [0.2, 0.25) is 0 Å². The summed E-state index contributed by atoms with van der Waals surface area (Å²) in [6, 6.07) is 5.51. The maximum absolute atomic E-state index is 11.0. The number of nitrogens with one attached hydrogen (secondary N) is 1. The maximum atomic E-state index is 11.0.